The maximum Gasteiger partial charge on any atom is 0.260 e. The highest BCUT2D eigenvalue weighted by Crippen LogP contribution is 2.38. The standard InChI is InChI=1S/C30H34N2O2/c1-21-7-6-8-24(17-21)20-32-16-15-25-13-14-27(34-22(2)30(33)31-19-23-11-12-23)18-28(25)29(32)26-9-4-3-5-10-26/h3-10,13-14,17-18,22-23,29H,11-12,15-16,19-20H2,1-2H3,(H,31,33)/t22-,29-/m0/s1. The van der Waals surface area contributed by atoms with Gasteiger partial charge in [-0.15, -0.1) is 0 Å². The topological polar surface area (TPSA) is 41.6 Å². The lowest BCUT2D eigenvalue weighted by Gasteiger charge is -2.38. The van der Waals surface area contributed by atoms with Crippen molar-refractivity contribution in [3.8, 4) is 5.75 Å². The van der Waals surface area contributed by atoms with Crippen molar-refractivity contribution in [2.45, 2.75) is 51.8 Å². The Kier molecular flexibility index (Phi) is 6.68. The van der Waals surface area contributed by atoms with Gasteiger partial charge in [-0.3, -0.25) is 9.69 Å². The van der Waals surface area contributed by atoms with Crippen molar-refractivity contribution in [2.24, 2.45) is 5.92 Å². The zero-order valence-corrected chi connectivity index (χ0v) is 20.2. The number of fused-ring (bicyclic) bond motifs is 1. The molecule has 2 atom stereocenters. The smallest absolute Gasteiger partial charge is 0.260 e. The van der Waals surface area contributed by atoms with Gasteiger partial charge in [-0.1, -0.05) is 66.2 Å². The normalized spacial score (nSPS) is 18.7. The molecule has 0 radical (unpaired) electrons. The van der Waals surface area contributed by atoms with E-state index in [1.165, 1.54) is 40.7 Å². The Balaban J connectivity index is 1.40. The highest BCUT2D eigenvalue weighted by molar-refractivity contribution is 5.80. The first-order valence-electron chi connectivity index (χ1n) is 12.5. The molecule has 0 aromatic heterocycles. The van der Waals surface area contributed by atoms with Crippen LogP contribution in [0.15, 0.2) is 72.8 Å². The lowest BCUT2D eigenvalue weighted by Crippen LogP contribution is -2.37. The maximum absolute atomic E-state index is 12.5. The van der Waals surface area contributed by atoms with Gasteiger partial charge < -0.3 is 10.1 Å². The van der Waals surface area contributed by atoms with Gasteiger partial charge in [0, 0.05) is 19.6 Å². The van der Waals surface area contributed by atoms with Crippen molar-refractivity contribution in [1.29, 1.82) is 0 Å². The van der Waals surface area contributed by atoms with Crippen LogP contribution in [0.2, 0.25) is 0 Å². The number of hydrogen-bond donors (Lipinski definition) is 1. The molecule has 3 aromatic rings. The molecule has 176 valence electrons. The Morgan fingerprint density at radius 2 is 1.88 bits per heavy atom. The highest BCUT2D eigenvalue weighted by Gasteiger charge is 2.30. The summed E-state index contributed by atoms with van der Waals surface area (Å²) in [6.07, 6.45) is 2.93. The summed E-state index contributed by atoms with van der Waals surface area (Å²) in [6.45, 7) is 6.64. The van der Waals surface area contributed by atoms with Gasteiger partial charge >= 0.3 is 0 Å². The van der Waals surface area contributed by atoms with Gasteiger partial charge in [-0.05, 0) is 73.4 Å². The Morgan fingerprint density at radius 1 is 1.06 bits per heavy atom. The lowest BCUT2D eigenvalue weighted by atomic mass is 9.87. The predicted octanol–water partition coefficient (Wildman–Crippen LogP) is 5.44. The summed E-state index contributed by atoms with van der Waals surface area (Å²) in [7, 11) is 0. The van der Waals surface area contributed by atoms with E-state index in [9.17, 15) is 4.79 Å². The molecule has 1 aliphatic carbocycles. The van der Waals surface area contributed by atoms with E-state index < -0.39 is 6.10 Å². The molecule has 0 unspecified atom stereocenters. The van der Waals surface area contributed by atoms with E-state index in [1.807, 2.05) is 13.0 Å². The zero-order chi connectivity index (χ0) is 23.5. The number of amides is 1. The molecule has 3 aromatic carbocycles. The molecule has 5 rings (SSSR count). The number of benzene rings is 3. The fraction of sp³-hybridized carbons (Fsp3) is 0.367. The van der Waals surface area contributed by atoms with E-state index >= 15 is 0 Å². The minimum absolute atomic E-state index is 0.0368. The molecular weight excluding hydrogens is 420 g/mol. The molecule has 1 saturated carbocycles. The summed E-state index contributed by atoms with van der Waals surface area (Å²) in [6, 6.07) is 26.0. The second-order valence-electron chi connectivity index (χ2n) is 9.83. The van der Waals surface area contributed by atoms with Crippen LogP contribution >= 0.6 is 0 Å². The van der Waals surface area contributed by atoms with E-state index in [-0.39, 0.29) is 11.9 Å². The molecule has 0 spiro atoms. The van der Waals surface area contributed by atoms with Gasteiger partial charge in [0.2, 0.25) is 0 Å². The van der Waals surface area contributed by atoms with E-state index in [1.54, 1.807) is 0 Å². The fourth-order valence-corrected chi connectivity index (χ4v) is 4.93. The summed E-state index contributed by atoms with van der Waals surface area (Å²) < 4.78 is 6.12. The molecule has 2 aliphatic rings. The zero-order valence-electron chi connectivity index (χ0n) is 20.2. The minimum atomic E-state index is -0.515. The van der Waals surface area contributed by atoms with Crippen LogP contribution in [0.25, 0.3) is 0 Å². The first kappa shape index (κ1) is 22.7. The Morgan fingerprint density at radius 3 is 2.65 bits per heavy atom. The molecule has 0 saturated heterocycles. The minimum Gasteiger partial charge on any atom is -0.481 e. The van der Waals surface area contributed by atoms with Crippen LogP contribution in [-0.4, -0.2) is 30.0 Å². The van der Waals surface area contributed by atoms with Crippen LogP contribution in [0.1, 0.15) is 53.6 Å². The molecular formula is C30H34N2O2. The van der Waals surface area contributed by atoms with Crippen molar-refractivity contribution in [2.75, 3.05) is 13.1 Å². The molecule has 1 aliphatic heterocycles. The Hall–Kier alpha value is -3.11. The molecule has 4 heteroatoms. The van der Waals surface area contributed by atoms with Crippen LogP contribution in [0.3, 0.4) is 0 Å². The van der Waals surface area contributed by atoms with Crippen molar-refractivity contribution < 1.29 is 9.53 Å². The lowest BCUT2D eigenvalue weighted by molar-refractivity contribution is -0.127. The van der Waals surface area contributed by atoms with Crippen molar-refractivity contribution in [3.63, 3.8) is 0 Å². The van der Waals surface area contributed by atoms with Crippen molar-refractivity contribution in [1.82, 2.24) is 10.2 Å². The Bertz CT molecular complexity index is 1140. The summed E-state index contributed by atoms with van der Waals surface area (Å²) >= 11 is 0. The number of carbonyl (C=O) groups is 1. The summed E-state index contributed by atoms with van der Waals surface area (Å²) in [5.74, 6) is 1.38. The van der Waals surface area contributed by atoms with Crippen molar-refractivity contribution in [3.05, 3.63) is 101 Å². The average Bonchev–Trinajstić information content (AvgIpc) is 3.67. The third kappa shape index (κ3) is 5.34. The number of rotatable bonds is 8. The van der Waals surface area contributed by atoms with Crippen LogP contribution in [0, 0.1) is 12.8 Å². The number of nitrogens with one attached hydrogen (secondary N) is 1. The third-order valence-electron chi connectivity index (χ3n) is 6.97. The Labute approximate surface area is 202 Å². The summed E-state index contributed by atoms with van der Waals surface area (Å²) in [4.78, 5) is 15.1. The van der Waals surface area contributed by atoms with Gasteiger partial charge in [0.25, 0.3) is 5.91 Å². The van der Waals surface area contributed by atoms with Gasteiger partial charge in [0.15, 0.2) is 6.10 Å². The molecule has 4 nitrogen and oxygen atoms in total. The quantitative estimate of drug-likeness (QED) is 0.493. The van der Waals surface area contributed by atoms with Gasteiger partial charge in [-0.25, -0.2) is 0 Å². The van der Waals surface area contributed by atoms with Crippen LogP contribution < -0.4 is 10.1 Å². The van der Waals surface area contributed by atoms with E-state index in [0.717, 1.165) is 31.8 Å². The summed E-state index contributed by atoms with van der Waals surface area (Å²) in [5, 5.41) is 3.03. The number of hydrogen-bond acceptors (Lipinski definition) is 3. The second kappa shape index (κ2) is 10.0. The highest BCUT2D eigenvalue weighted by atomic mass is 16.5. The number of ether oxygens (including phenoxy) is 1. The van der Waals surface area contributed by atoms with Crippen molar-refractivity contribution >= 4 is 5.91 Å². The van der Waals surface area contributed by atoms with Gasteiger partial charge in [0.1, 0.15) is 5.75 Å². The third-order valence-corrected chi connectivity index (χ3v) is 6.97. The first-order valence-corrected chi connectivity index (χ1v) is 12.5. The molecule has 1 N–H and O–H groups in total. The molecule has 1 fully saturated rings. The van der Waals surface area contributed by atoms with E-state index in [0.29, 0.717) is 5.92 Å². The largest absolute Gasteiger partial charge is 0.481 e. The predicted molar refractivity (Wildman–Crippen MR) is 136 cm³/mol. The van der Waals surface area contributed by atoms with E-state index in [2.05, 4.69) is 83.9 Å². The van der Waals surface area contributed by atoms with Gasteiger partial charge in [0.05, 0.1) is 6.04 Å². The van der Waals surface area contributed by atoms with Crippen LogP contribution in [-0.2, 0) is 17.8 Å². The first-order chi connectivity index (χ1) is 16.6. The molecule has 0 bridgehead atoms. The number of aryl methyl sites for hydroxylation is 1. The molecule has 34 heavy (non-hydrogen) atoms. The SMILES string of the molecule is Cc1cccc(CN2CCc3ccc(O[C@@H](C)C(=O)NCC4CC4)cc3[C@@H]2c2ccccc2)c1. The van der Waals surface area contributed by atoms with Crippen LogP contribution in [0.4, 0.5) is 0 Å². The van der Waals surface area contributed by atoms with Gasteiger partial charge in [-0.2, -0.15) is 0 Å². The molecule has 1 amide bonds. The number of nitrogens with zero attached hydrogens (tertiary/aromatic N) is 1. The summed E-state index contributed by atoms with van der Waals surface area (Å²) in [5.41, 5.74) is 6.53. The van der Waals surface area contributed by atoms with E-state index in [4.69, 9.17) is 4.74 Å². The number of carbonyl (C=O) groups excluding carboxylic acids is 1. The molecule has 1 heterocycles. The average molecular weight is 455 g/mol. The monoisotopic (exact) mass is 454 g/mol. The van der Waals surface area contributed by atoms with Crippen LogP contribution in [0.5, 0.6) is 5.75 Å². The fourth-order valence-electron chi connectivity index (χ4n) is 4.93. The maximum atomic E-state index is 12.5. The second-order valence-corrected chi connectivity index (χ2v) is 9.83.